The number of nitrogens with zero attached hydrogens (tertiary/aromatic N) is 1. The fraction of sp³-hybridized carbons (Fsp3) is 0.143. The van der Waals surface area contributed by atoms with E-state index >= 15 is 0 Å². The van der Waals surface area contributed by atoms with Crippen molar-refractivity contribution < 1.29 is 9.53 Å². The summed E-state index contributed by atoms with van der Waals surface area (Å²) in [7, 11) is 0. The third-order valence-corrected chi connectivity index (χ3v) is 3.06. The minimum Gasteiger partial charge on any atom is -0.462 e. The maximum absolute atomic E-state index is 12.0. The van der Waals surface area contributed by atoms with Crippen LogP contribution in [0.25, 0.3) is 11.3 Å². The molecule has 2 aromatic rings. The molecule has 0 saturated heterocycles. The highest BCUT2D eigenvalue weighted by Gasteiger charge is 2.19. The molecular formula is C14H11Cl2NO2. The number of hydrogen-bond acceptors (Lipinski definition) is 3. The molecule has 0 radical (unpaired) electrons. The van der Waals surface area contributed by atoms with Gasteiger partial charge in [0, 0.05) is 16.8 Å². The van der Waals surface area contributed by atoms with Gasteiger partial charge in [-0.2, -0.15) is 0 Å². The molecule has 0 spiro atoms. The number of aromatic nitrogens is 1. The molecule has 0 bridgehead atoms. The van der Waals surface area contributed by atoms with Crippen LogP contribution in [0, 0.1) is 0 Å². The topological polar surface area (TPSA) is 39.2 Å². The summed E-state index contributed by atoms with van der Waals surface area (Å²) in [5.41, 5.74) is 1.52. The molecule has 98 valence electrons. The van der Waals surface area contributed by atoms with Crippen LogP contribution in [0.2, 0.25) is 10.0 Å². The quantitative estimate of drug-likeness (QED) is 0.796. The molecular weight excluding hydrogens is 285 g/mol. The summed E-state index contributed by atoms with van der Waals surface area (Å²) < 4.78 is 5.01. The number of rotatable bonds is 3. The van der Waals surface area contributed by atoms with Crippen LogP contribution in [0.15, 0.2) is 36.5 Å². The van der Waals surface area contributed by atoms with E-state index in [9.17, 15) is 4.79 Å². The van der Waals surface area contributed by atoms with Gasteiger partial charge >= 0.3 is 5.97 Å². The van der Waals surface area contributed by atoms with E-state index in [1.54, 1.807) is 43.5 Å². The van der Waals surface area contributed by atoms with Gasteiger partial charge in [0.2, 0.25) is 0 Å². The Morgan fingerprint density at radius 1 is 1.21 bits per heavy atom. The standard InChI is InChI=1S/C14H11Cl2NO2/c1-2-19-14(18)12-11(16)7-8-17-13(12)9-3-5-10(15)6-4-9/h3-8H,2H2,1H3. The number of carbonyl (C=O) groups excluding carboxylic acids is 1. The highest BCUT2D eigenvalue weighted by atomic mass is 35.5. The van der Waals surface area contributed by atoms with Crippen LogP contribution >= 0.6 is 23.2 Å². The highest BCUT2D eigenvalue weighted by Crippen LogP contribution is 2.28. The lowest BCUT2D eigenvalue weighted by atomic mass is 10.1. The van der Waals surface area contributed by atoms with Crippen molar-refractivity contribution >= 4 is 29.2 Å². The average molecular weight is 296 g/mol. The largest absolute Gasteiger partial charge is 0.462 e. The normalized spacial score (nSPS) is 10.3. The molecule has 0 aliphatic rings. The van der Waals surface area contributed by atoms with Gasteiger partial charge in [0.25, 0.3) is 0 Å². The van der Waals surface area contributed by atoms with Gasteiger partial charge in [-0.05, 0) is 25.1 Å². The number of hydrogen-bond donors (Lipinski definition) is 0. The second-order valence-corrected chi connectivity index (χ2v) is 4.59. The van der Waals surface area contributed by atoms with Gasteiger partial charge in [0.1, 0.15) is 5.56 Å². The number of halogens is 2. The zero-order valence-corrected chi connectivity index (χ0v) is 11.7. The Labute approximate surface area is 121 Å². The van der Waals surface area contributed by atoms with Crippen LogP contribution in [0.1, 0.15) is 17.3 Å². The molecule has 0 aliphatic heterocycles. The van der Waals surface area contributed by atoms with Gasteiger partial charge in [0.15, 0.2) is 0 Å². The molecule has 0 amide bonds. The van der Waals surface area contributed by atoms with Gasteiger partial charge in [-0.15, -0.1) is 0 Å². The zero-order chi connectivity index (χ0) is 13.8. The maximum atomic E-state index is 12.0. The predicted molar refractivity (Wildman–Crippen MR) is 75.6 cm³/mol. The molecule has 19 heavy (non-hydrogen) atoms. The fourth-order valence-corrected chi connectivity index (χ4v) is 2.01. The molecule has 1 heterocycles. The number of ether oxygens (including phenoxy) is 1. The number of esters is 1. The number of carbonyl (C=O) groups is 1. The van der Waals surface area contributed by atoms with Gasteiger partial charge in [0.05, 0.1) is 17.3 Å². The van der Waals surface area contributed by atoms with E-state index in [4.69, 9.17) is 27.9 Å². The molecule has 0 saturated carbocycles. The molecule has 0 unspecified atom stereocenters. The van der Waals surface area contributed by atoms with E-state index < -0.39 is 5.97 Å². The molecule has 1 aromatic carbocycles. The van der Waals surface area contributed by atoms with Crippen molar-refractivity contribution in [1.82, 2.24) is 4.98 Å². The van der Waals surface area contributed by atoms with Crippen molar-refractivity contribution in [1.29, 1.82) is 0 Å². The monoisotopic (exact) mass is 295 g/mol. The van der Waals surface area contributed by atoms with Gasteiger partial charge in [-0.3, -0.25) is 4.98 Å². The second kappa shape index (κ2) is 6.04. The first kappa shape index (κ1) is 13.8. The van der Waals surface area contributed by atoms with Crippen molar-refractivity contribution in [2.45, 2.75) is 6.92 Å². The lowest BCUT2D eigenvalue weighted by Gasteiger charge is -2.09. The van der Waals surface area contributed by atoms with Crippen molar-refractivity contribution in [2.75, 3.05) is 6.61 Å². The Kier molecular flexibility index (Phi) is 4.40. The minimum absolute atomic E-state index is 0.272. The molecule has 0 fully saturated rings. The third kappa shape index (κ3) is 3.06. The van der Waals surface area contributed by atoms with E-state index in [0.717, 1.165) is 5.56 Å². The van der Waals surface area contributed by atoms with Crippen LogP contribution in [0.4, 0.5) is 0 Å². The SMILES string of the molecule is CCOC(=O)c1c(Cl)ccnc1-c1ccc(Cl)cc1. The molecule has 0 atom stereocenters. The summed E-state index contributed by atoms with van der Waals surface area (Å²) in [5.74, 6) is -0.481. The summed E-state index contributed by atoms with van der Waals surface area (Å²) in [6.45, 7) is 2.02. The summed E-state index contributed by atoms with van der Waals surface area (Å²) in [6, 6.07) is 8.59. The minimum atomic E-state index is -0.481. The Hall–Kier alpha value is -1.58. The second-order valence-electron chi connectivity index (χ2n) is 3.74. The van der Waals surface area contributed by atoms with Crippen LogP contribution < -0.4 is 0 Å². The Morgan fingerprint density at radius 2 is 1.89 bits per heavy atom. The smallest absolute Gasteiger partial charge is 0.341 e. The first-order valence-electron chi connectivity index (χ1n) is 5.71. The molecule has 0 N–H and O–H groups in total. The Morgan fingerprint density at radius 3 is 2.53 bits per heavy atom. The summed E-state index contributed by atoms with van der Waals surface area (Å²) in [5, 5.41) is 0.932. The summed E-state index contributed by atoms with van der Waals surface area (Å²) >= 11 is 11.9. The van der Waals surface area contributed by atoms with Crippen molar-refractivity contribution in [3.8, 4) is 11.3 Å². The maximum Gasteiger partial charge on any atom is 0.341 e. The first-order valence-corrected chi connectivity index (χ1v) is 6.46. The van der Waals surface area contributed by atoms with E-state index in [2.05, 4.69) is 4.98 Å². The summed E-state index contributed by atoms with van der Waals surface area (Å²) in [6.07, 6.45) is 1.55. The fourth-order valence-electron chi connectivity index (χ4n) is 1.66. The van der Waals surface area contributed by atoms with E-state index in [1.165, 1.54) is 0 Å². The molecule has 1 aromatic heterocycles. The highest BCUT2D eigenvalue weighted by molar-refractivity contribution is 6.34. The number of pyridine rings is 1. The van der Waals surface area contributed by atoms with E-state index in [0.29, 0.717) is 15.7 Å². The zero-order valence-electron chi connectivity index (χ0n) is 10.2. The van der Waals surface area contributed by atoms with E-state index in [-0.39, 0.29) is 12.2 Å². The van der Waals surface area contributed by atoms with Crippen LogP contribution in [0.5, 0.6) is 0 Å². The van der Waals surface area contributed by atoms with Gasteiger partial charge < -0.3 is 4.74 Å². The van der Waals surface area contributed by atoms with Crippen LogP contribution in [0.3, 0.4) is 0 Å². The number of benzene rings is 1. The van der Waals surface area contributed by atoms with Crippen molar-refractivity contribution in [3.63, 3.8) is 0 Å². The van der Waals surface area contributed by atoms with Crippen LogP contribution in [-0.4, -0.2) is 17.6 Å². The van der Waals surface area contributed by atoms with E-state index in [1.807, 2.05) is 0 Å². The predicted octanol–water partition coefficient (Wildman–Crippen LogP) is 4.23. The van der Waals surface area contributed by atoms with Crippen molar-refractivity contribution in [2.24, 2.45) is 0 Å². The Balaban J connectivity index is 2.54. The van der Waals surface area contributed by atoms with Crippen LogP contribution in [-0.2, 0) is 4.74 Å². The average Bonchev–Trinajstić information content (AvgIpc) is 2.39. The first-order chi connectivity index (χ1) is 9.13. The van der Waals surface area contributed by atoms with Crippen molar-refractivity contribution in [3.05, 3.63) is 52.1 Å². The van der Waals surface area contributed by atoms with Gasteiger partial charge in [-0.25, -0.2) is 4.79 Å². The summed E-state index contributed by atoms with van der Waals surface area (Å²) in [4.78, 5) is 16.2. The molecule has 2 rings (SSSR count). The Bertz CT molecular complexity index is 597. The molecule has 0 aliphatic carbocycles. The lowest BCUT2D eigenvalue weighted by molar-refractivity contribution is 0.0527. The van der Waals surface area contributed by atoms with Gasteiger partial charge in [-0.1, -0.05) is 35.3 Å². The molecule has 5 heteroatoms. The third-order valence-electron chi connectivity index (χ3n) is 2.50. The lowest BCUT2D eigenvalue weighted by Crippen LogP contribution is -2.08. The molecule has 3 nitrogen and oxygen atoms in total.